The first-order valence-corrected chi connectivity index (χ1v) is 56.8. The number of aryl methyl sites for hydroxylation is 3. The van der Waals surface area contributed by atoms with Gasteiger partial charge in [-0.05, 0) is 210 Å². The summed E-state index contributed by atoms with van der Waals surface area (Å²) in [6.07, 6.45) is 7.46. The molecule has 11 aromatic carbocycles. The van der Waals surface area contributed by atoms with Crippen molar-refractivity contribution >= 4 is 116 Å². The van der Waals surface area contributed by atoms with Gasteiger partial charge in [-0.3, -0.25) is 23.4 Å². The fourth-order valence-electron chi connectivity index (χ4n) is 9.54. The van der Waals surface area contributed by atoms with Gasteiger partial charge >= 0.3 is 0 Å². The summed E-state index contributed by atoms with van der Waals surface area (Å²) in [6.45, 7) is 39.8. The van der Waals surface area contributed by atoms with Crippen LogP contribution in [0.1, 0.15) is 140 Å². The van der Waals surface area contributed by atoms with Gasteiger partial charge in [-0.1, -0.05) is 287 Å². The number of allylic oxidation sites excluding steroid dienone is 1. The number of halogens is 4. The van der Waals surface area contributed by atoms with E-state index in [9.17, 15) is 79.4 Å². The van der Waals surface area contributed by atoms with E-state index in [1.54, 1.807) is 71.2 Å². The van der Waals surface area contributed by atoms with Crippen LogP contribution in [0.5, 0.6) is 0 Å². The lowest BCUT2D eigenvalue weighted by atomic mass is 10.0. The number of benzene rings is 11. The zero-order valence-electron chi connectivity index (χ0n) is 77.7. The number of hydrogen-bond donors (Lipinski definition) is 0. The monoisotopic (exact) mass is 1860 g/mol. The summed E-state index contributed by atoms with van der Waals surface area (Å²) in [5, 5.41) is 2.68. The molecule has 0 saturated heterocycles. The smallest absolute Gasteiger partial charge is 0.242 e. The van der Waals surface area contributed by atoms with Gasteiger partial charge in [0.05, 0.1) is 30.8 Å². The Hall–Kier alpha value is -10.5. The SMILES string of the molecule is C=C(C)c1ccccc1.C=S(C)(=O)c1ccccc1.CC.CC(=O)c1cc(C)cc(F)c1.CC(=O)c1ccc(-c2ccccc2)cc1.CC(=O)c1ccc(C)cc1.CC(=O)c1ccc([Si](C)(C)C)cc1.CC(C)(F)F.CC(C)=O.CS(=O)(=O)c1ccc(-c2ccccc2)cc1.CS(C)(=O)=O.C[Si](C)(C)c1ccc(S(C)(=O)=O)cc1.Cc1cc(F)cc(S(C)(=O)=O)c1. The third-order valence-corrected chi connectivity index (χ3v) is 24.7. The van der Waals surface area contributed by atoms with Crippen LogP contribution < -0.4 is 10.4 Å². The molecule has 14 nitrogen and oxygen atoms in total. The number of carbonyl (C=O) groups excluding carboxylic acids is 5. The summed E-state index contributed by atoms with van der Waals surface area (Å²) in [6, 6.07) is 85.0. The summed E-state index contributed by atoms with van der Waals surface area (Å²) < 4.78 is 145. The van der Waals surface area contributed by atoms with Crippen molar-refractivity contribution in [1.82, 2.24) is 0 Å². The Kier molecular flexibility index (Phi) is 52.7. The van der Waals surface area contributed by atoms with Gasteiger partial charge in [-0.15, -0.1) is 0 Å². The molecule has 0 fully saturated rings. The Morgan fingerprint density at radius 3 is 0.810 bits per heavy atom. The molecule has 25 heteroatoms. The zero-order valence-corrected chi connectivity index (χ0v) is 83.8. The molecule has 0 saturated carbocycles. The van der Waals surface area contributed by atoms with Crippen LogP contribution in [-0.4, -0.2) is 132 Å². The van der Waals surface area contributed by atoms with Gasteiger partial charge in [0.25, 0.3) is 0 Å². The highest BCUT2D eigenvalue weighted by atomic mass is 32.2. The fourth-order valence-corrected chi connectivity index (χ4v) is 14.6. The van der Waals surface area contributed by atoms with E-state index in [0.717, 1.165) is 88.1 Å². The number of hydrogen-bond acceptors (Lipinski definition) is 14. The third kappa shape index (κ3) is 56.5. The summed E-state index contributed by atoms with van der Waals surface area (Å²) in [5.41, 5.74) is 12.1. The van der Waals surface area contributed by atoms with Crippen LogP contribution in [0.2, 0.25) is 39.3 Å². The Balaban J connectivity index is 0. The Morgan fingerprint density at radius 2 is 0.556 bits per heavy atom. The minimum atomic E-state index is -3.29. The molecule has 0 bridgehead atoms. The van der Waals surface area contributed by atoms with Crippen molar-refractivity contribution in [3.8, 4) is 22.3 Å². The molecule has 1 unspecified atom stereocenters. The molecule has 0 aliphatic heterocycles. The average Bonchev–Trinajstić information content (AvgIpc) is 0.838. The van der Waals surface area contributed by atoms with Crippen LogP contribution in [0, 0.1) is 32.4 Å². The molecule has 11 rings (SSSR count). The van der Waals surface area contributed by atoms with Crippen molar-refractivity contribution < 1.29 is 79.4 Å². The van der Waals surface area contributed by atoms with Crippen LogP contribution in [0.3, 0.4) is 0 Å². The lowest BCUT2D eigenvalue weighted by Gasteiger charge is -2.16. The van der Waals surface area contributed by atoms with Crippen LogP contribution in [0.25, 0.3) is 27.8 Å². The predicted molar refractivity (Wildman–Crippen MR) is 527 cm³/mol. The van der Waals surface area contributed by atoms with Crippen molar-refractivity contribution in [3.05, 3.63) is 342 Å². The molecule has 0 aromatic heterocycles. The Bertz CT molecular complexity index is 5730. The van der Waals surface area contributed by atoms with Crippen LogP contribution in [-0.2, 0) is 53.7 Å². The summed E-state index contributed by atoms with van der Waals surface area (Å²) in [4.78, 5) is 54.7. The largest absolute Gasteiger partial charge is 0.300 e. The highest BCUT2D eigenvalue weighted by Gasteiger charge is 2.18. The number of Topliss-reactive ketones (excluding diaryl/α,β-unsaturated/α-hetero) is 5. The van der Waals surface area contributed by atoms with E-state index in [1.165, 1.54) is 84.6 Å². The average molecular weight is 1860 g/mol. The number of alkyl halides is 2. The third-order valence-electron chi connectivity index (χ3n) is 16.0. The molecule has 682 valence electrons. The Morgan fingerprint density at radius 1 is 0.310 bits per heavy atom. The van der Waals surface area contributed by atoms with E-state index in [-0.39, 0.29) is 39.6 Å². The van der Waals surface area contributed by atoms with E-state index < -0.39 is 76.8 Å². The molecular formula is C101H128F4O14S5Si2. The van der Waals surface area contributed by atoms with Crippen molar-refractivity contribution in [3.63, 3.8) is 0 Å². The summed E-state index contributed by atoms with van der Waals surface area (Å²) in [5.74, 6) is 0.633. The van der Waals surface area contributed by atoms with E-state index in [4.69, 9.17) is 0 Å². The maximum atomic E-state index is 12.7. The number of sulfone groups is 4. The van der Waals surface area contributed by atoms with Crippen molar-refractivity contribution in [2.24, 2.45) is 0 Å². The van der Waals surface area contributed by atoms with Crippen molar-refractivity contribution in [2.45, 2.75) is 162 Å². The molecule has 0 aliphatic carbocycles. The molecule has 0 heterocycles. The van der Waals surface area contributed by atoms with Gasteiger partial charge in [0.1, 0.15) is 27.3 Å². The first kappa shape index (κ1) is 118. The molecule has 0 aliphatic rings. The van der Waals surface area contributed by atoms with Gasteiger partial charge in [0.2, 0.25) is 5.92 Å². The normalized spacial score (nSPS) is 11.0. The second-order valence-electron chi connectivity index (χ2n) is 31.7. The number of rotatable bonds is 13. The highest BCUT2D eigenvalue weighted by Crippen LogP contribution is 2.23. The van der Waals surface area contributed by atoms with Gasteiger partial charge in [0.15, 0.2) is 52.6 Å². The van der Waals surface area contributed by atoms with E-state index in [2.05, 4.69) is 88.1 Å². The molecule has 126 heavy (non-hydrogen) atoms. The molecule has 0 amide bonds. The highest BCUT2D eigenvalue weighted by molar-refractivity contribution is 7.99. The standard InChI is InChI=1S/C14H12O.C13H12O2S.C11H16OSi.C10H16O2SSi.C9H9FO.C9H10O.C9H10.C8H9FO2S.C8H10OS.C3H6F2.C3H6O.C2H6O2S.C2H6/c1-11(15)12-7-9-14(10-8-12)13-5-3-2-4-6-13;1-16(14,15)13-9-7-12(8-10-13)11-5-3-2-4-6-11;1-9(12)10-5-7-11(8-6-10)13(2,3)4;1-13(11,12)9-5-7-10(8-6-9)14(2,3)4;1-6-3-8(7(2)11)5-9(10)4-6;1-7-3-5-9(6-4-7)8(2)10;1-8(2)9-6-4-3-5-7-9;1-6-3-7(9)5-8(4-6)12(2,10)11;1-10(2,9)8-6-4-3-5-7-8;1-3(2,4)5;1-3(2)4;1-5(2,3)4;1-2/h2-10H,1H3;2-10H,1H3;5-8H,1-4H3;5-8H,1-4H3;3-5H,1-2H3;3-6H,1-2H3;3-7H,1H2,2H3;3-5H,1-2H3;3-7H,1H2,2H3;1-2H3;1-2H3;1-2H3;1-2H3. The van der Waals surface area contributed by atoms with E-state index in [0.29, 0.717) is 20.9 Å². The second kappa shape index (κ2) is 56.5. The van der Waals surface area contributed by atoms with Crippen LogP contribution in [0.4, 0.5) is 17.6 Å². The number of carbonyl (C=O) groups is 5. The van der Waals surface area contributed by atoms with E-state index in [1.807, 2.05) is 210 Å². The first-order chi connectivity index (χ1) is 57.8. The van der Waals surface area contributed by atoms with Gasteiger partial charge in [0, 0.05) is 64.7 Å². The molecule has 0 N–H and O–H groups in total. The summed E-state index contributed by atoms with van der Waals surface area (Å²) >= 11 is 0. The van der Waals surface area contributed by atoms with Gasteiger partial charge in [-0.25, -0.2) is 51.2 Å². The molecule has 1 atom stereocenters. The Labute approximate surface area is 752 Å². The second-order valence-corrected chi connectivity index (χ2v) is 52.6. The molecular weight excluding hydrogens is 1730 g/mol. The topological polar surface area (TPSA) is 239 Å². The lowest BCUT2D eigenvalue weighted by Crippen LogP contribution is -2.37. The fraction of sp³-hybridized carbons (Fsp3) is 0.267. The summed E-state index contributed by atoms with van der Waals surface area (Å²) in [7, 11) is -16.6. The van der Waals surface area contributed by atoms with E-state index >= 15 is 0 Å². The van der Waals surface area contributed by atoms with Crippen molar-refractivity contribution in [2.75, 3.05) is 37.5 Å². The zero-order chi connectivity index (χ0) is 97.5. The van der Waals surface area contributed by atoms with Crippen molar-refractivity contribution in [1.29, 1.82) is 0 Å². The quantitative estimate of drug-likeness (QED) is 0.0452. The van der Waals surface area contributed by atoms with Crippen LogP contribution >= 0.6 is 0 Å². The van der Waals surface area contributed by atoms with Gasteiger partial charge in [-0.2, -0.15) is 0 Å². The predicted octanol–water partition coefficient (Wildman–Crippen LogP) is 23.5. The minimum Gasteiger partial charge on any atom is -0.300 e. The lowest BCUT2D eigenvalue weighted by molar-refractivity contribution is -0.115. The molecule has 11 aromatic rings. The van der Waals surface area contributed by atoms with Gasteiger partial charge < -0.3 is 4.79 Å². The number of ketones is 5. The maximum absolute atomic E-state index is 12.7. The first-order valence-electron chi connectivity index (χ1n) is 39.6. The van der Waals surface area contributed by atoms with Crippen LogP contribution in [0.15, 0.2) is 305 Å². The molecule has 0 spiro atoms. The molecule has 0 radical (unpaired) electrons. The maximum Gasteiger partial charge on any atom is 0.242 e. The minimum absolute atomic E-state index is 0.0278.